The van der Waals surface area contributed by atoms with E-state index in [9.17, 15) is 4.79 Å². The quantitative estimate of drug-likeness (QED) is 0.794. The molecular weight excluding hydrogens is 256 g/mol. The molecule has 0 amide bonds. The number of hydrogen-bond acceptors (Lipinski definition) is 2. The van der Waals surface area contributed by atoms with Gasteiger partial charge in [-0.15, -0.1) is 0 Å². The predicted octanol–water partition coefficient (Wildman–Crippen LogP) is 2.33. The van der Waals surface area contributed by atoms with Crippen molar-refractivity contribution in [3.63, 3.8) is 0 Å². The van der Waals surface area contributed by atoms with Crippen LogP contribution in [0.25, 0.3) is 5.65 Å². The van der Waals surface area contributed by atoms with Gasteiger partial charge in [-0.2, -0.15) is 0 Å². The number of rotatable bonds is 1. The molecule has 0 N–H and O–H groups in total. The van der Waals surface area contributed by atoms with Crippen LogP contribution >= 0.6 is 15.9 Å². The summed E-state index contributed by atoms with van der Waals surface area (Å²) < 4.78 is 2.46. The minimum absolute atomic E-state index is 0.0266. The first-order valence-electron chi connectivity index (χ1n) is 4.80. The lowest BCUT2D eigenvalue weighted by molar-refractivity contribution is 0.955. The highest BCUT2D eigenvalue weighted by atomic mass is 79.9. The summed E-state index contributed by atoms with van der Waals surface area (Å²) >= 11 is 3.37. The Hall–Kier alpha value is -1.16. The van der Waals surface area contributed by atoms with E-state index in [-0.39, 0.29) is 5.56 Å². The van der Waals surface area contributed by atoms with Crippen LogP contribution in [0, 0.1) is 6.92 Å². The van der Waals surface area contributed by atoms with Gasteiger partial charge in [0, 0.05) is 22.4 Å². The molecule has 0 fully saturated rings. The van der Waals surface area contributed by atoms with Gasteiger partial charge in [0.2, 0.25) is 0 Å². The van der Waals surface area contributed by atoms with Gasteiger partial charge in [-0.1, -0.05) is 6.92 Å². The molecule has 78 valence electrons. The van der Waals surface area contributed by atoms with Gasteiger partial charge in [0.15, 0.2) is 0 Å². The van der Waals surface area contributed by atoms with Crippen LogP contribution in [0.3, 0.4) is 0 Å². The predicted molar refractivity (Wildman–Crippen MR) is 63.3 cm³/mol. The smallest absolute Gasteiger partial charge is 0.258 e. The van der Waals surface area contributed by atoms with E-state index in [4.69, 9.17) is 0 Å². The average Bonchev–Trinajstić information content (AvgIpc) is 2.19. The fraction of sp³-hybridized carbons (Fsp3) is 0.273. The van der Waals surface area contributed by atoms with Gasteiger partial charge in [0.1, 0.15) is 5.65 Å². The lowest BCUT2D eigenvalue weighted by Gasteiger charge is -2.05. The number of aryl methyl sites for hydroxylation is 2. The second-order valence-corrected chi connectivity index (χ2v) is 4.39. The zero-order valence-corrected chi connectivity index (χ0v) is 10.2. The van der Waals surface area contributed by atoms with E-state index in [1.54, 1.807) is 16.7 Å². The van der Waals surface area contributed by atoms with E-state index in [1.165, 1.54) is 0 Å². The van der Waals surface area contributed by atoms with Gasteiger partial charge < -0.3 is 0 Å². The van der Waals surface area contributed by atoms with E-state index >= 15 is 0 Å². The Labute approximate surface area is 95.9 Å². The minimum Gasteiger partial charge on any atom is -0.269 e. The van der Waals surface area contributed by atoms with Crippen LogP contribution in [-0.2, 0) is 6.42 Å². The number of halogens is 1. The lowest BCUT2D eigenvalue weighted by Crippen LogP contribution is -2.16. The summed E-state index contributed by atoms with van der Waals surface area (Å²) in [6, 6.07) is 3.54. The van der Waals surface area contributed by atoms with E-state index in [0.717, 1.165) is 27.8 Å². The largest absolute Gasteiger partial charge is 0.269 e. The summed E-state index contributed by atoms with van der Waals surface area (Å²) in [6.07, 6.45) is 2.53. The second kappa shape index (κ2) is 3.77. The highest BCUT2D eigenvalue weighted by Crippen LogP contribution is 2.14. The van der Waals surface area contributed by atoms with Crippen molar-refractivity contribution in [2.75, 3.05) is 0 Å². The second-order valence-electron chi connectivity index (χ2n) is 3.47. The van der Waals surface area contributed by atoms with Crippen molar-refractivity contribution in [1.29, 1.82) is 0 Å². The Morgan fingerprint density at radius 2 is 2.20 bits per heavy atom. The molecule has 0 spiro atoms. The molecular formula is C11H11BrN2O. The molecule has 3 nitrogen and oxygen atoms in total. The number of fused-ring (bicyclic) bond motifs is 1. The van der Waals surface area contributed by atoms with E-state index in [0.29, 0.717) is 0 Å². The van der Waals surface area contributed by atoms with E-state index in [1.807, 2.05) is 19.9 Å². The summed E-state index contributed by atoms with van der Waals surface area (Å²) in [5.74, 6) is 0. The van der Waals surface area contributed by atoms with Crippen LogP contribution in [0.5, 0.6) is 0 Å². The summed E-state index contributed by atoms with van der Waals surface area (Å²) in [4.78, 5) is 16.2. The molecule has 0 saturated carbocycles. The van der Waals surface area contributed by atoms with Gasteiger partial charge >= 0.3 is 0 Å². The van der Waals surface area contributed by atoms with E-state index < -0.39 is 0 Å². The van der Waals surface area contributed by atoms with Crippen molar-refractivity contribution in [1.82, 2.24) is 9.38 Å². The van der Waals surface area contributed by atoms with Crippen LogP contribution in [-0.4, -0.2) is 9.38 Å². The van der Waals surface area contributed by atoms with Crippen molar-refractivity contribution < 1.29 is 0 Å². The number of hydrogen-bond donors (Lipinski definition) is 0. The molecule has 2 rings (SSSR count). The first kappa shape index (κ1) is 10.4. The van der Waals surface area contributed by atoms with E-state index in [2.05, 4.69) is 20.9 Å². The Morgan fingerprint density at radius 3 is 2.87 bits per heavy atom. The van der Waals surface area contributed by atoms with Crippen LogP contribution in [0.1, 0.15) is 18.2 Å². The third-order valence-corrected chi connectivity index (χ3v) is 2.76. The average molecular weight is 267 g/mol. The van der Waals surface area contributed by atoms with Crippen LogP contribution < -0.4 is 5.56 Å². The molecule has 0 aliphatic carbocycles. The Kier molecular flexibility index (Phi) is 2.61. The molecule has 2 heterocycles. The molecule has 0 bridgehead atoms. The number of pyridine rings is 1. The molecule has 15 heavy (non-hydrogen) atoms. The summed E-state index contributed by atoms with van der Waals surface area (Å²) in [6.45, 7) is 3.94. The monoisotopic (exact) mass is 266 g/mol. The first-order valence-corrected chi connectivity index (χ1v) is 5.59. The van der Waals surface area contributed by atoms with Crippen molar-refractivity contribution >= 4 is 21.6 Å². The maximum atomic E-state index is 11.8. The van der Waals surface area contributed by atoms with Crippen LogP contribution in [0.4, 0.5) is 0 Å². The summed E-state index contributed by atoms with van der Waals surface area (Å²) in [5.41, 5.74) is 2.55. The molecule has 0 radical (unpaired) electrons. The van der Waals surface area contributed by atoms with Gasteiger partial charge in [0.25, 0.3) is 5.56 Å². The highest BCUT2D eigenvalue weighted by Gasteiger charge is 2.04. The molecule has 2 aromatic rings. The fourth-order valence-corrected chi connectivity index (χ4v) is 2.10. The van der Waals surface area contributed by atoms with Gasteiger partial charge in [0.05, 0.1) is 0 Å². The topological polar surface area (TPSA) is 34.4 Å². The molecule has 0 saturated heterocycles. The fourth-order valence-electron chi connectivity index (χ4n) is 1.55. The maximum absolute atomic E-state index is 11.8. The van der Waals surface area contributed by atoms with Gasteiger partial charge in [-0.05, 0) is 40.9 Å². The zero-order valence-electron chi connectivity index (χ0n) is 8.62. The molecule has 0 atom stereocenters. The number of nitrogens with zero attached hydrogens (tertiary/aromatic N) is 2. The maximum Gasteiger partial charge on any atom is 0.258 e. The van der Waals surface area contributed by atoms with Crippen LogP contribution in [0.15, 0.2) is 27.6 Å². The SMILES string of the molecule is CCc1cc(=O)n2cc(Br)cc(C)c2n1. The third kappa shape index (κ3) is 1.81. The standard InChI is InChI=1S/C11H11BrN2O/c1-3-9-5-10(15)14-6-8(12)4-7(2)11(14)13-9/h4-6H,3H2,1-2H3. The van der Waals surface area contributed by atoms with Gasteiger partial charge in [-0.25, -0.2) is 4.98 Å². The van der Waals surface area contributed by atoms with Crippen LogP contribution in [0.2, 0.25) is 0 Å². The normalized spacial score (nSPS) is 10.9. The minimum atomic E-state index is -0.0266. The highest BCUT2D eigenvalue weighted by molar-refractivity contribution is 9.10. The molecule has 4 heteroatoms. The summed E-state index contributed by atoms with van der Waals surface area (Å²) in [5, 5.41) is 0. The van der Waals surface area contributed by atoms with Crippen molar-refractivity contribution in [3.8, 4) is 0 Å². The number of aromatic nitrogens is 2. The lowest BCUT2D eigenvalue weighted by atomic mass is 10.2. The summed E-state index contributed by atoms with van der Waals surface area (Å²) in [7, 11) is 0. The molecule has 0 aliphatic heterocycles. The zero-order chi connectivity index (χ0) is 11.0. The third-order valence-electron chi connectivity index (χ3n) is 2.33. The molecule has 0 aliphatic rings. The molecule has 2 aromatic heterocycles. The first-order chi connectivity index (χ1) is 7.11. The van der Waals surface area contributed by atoms with Crippen molar-refractivity contribution in [2.45, 2.75) is 20.3 Å². The Bertz CT molecular complexity index is 575. The van der Waals surface area contributed by atoms with Gasteiger partial charge in [-0.3, -0.25) is 9.20 Å². The Balaban J connectivity index is 2.91. The molecule has 0 aromatic carbocycles. The molecule has 0 unspecified atom stereocenters. The van der Waals surface area contributed by atoms with Crippen molar-refractivity contribution in [2.24, 2.45) is 0 Å². The van der Waals surface area contributed by atoms with Crippen molar-refractivity contribution in [3.05, 3.63) is 44.4 Å². The Morgan fingerprint density at radius 1 is 1.47 bits per heavy atom.